The van der Waals surface area contributed by atoms with E-state index in [0.717, 1.165) is 54.6 Å². The number of thiazole rings is 1. The molecule has 26 heavy (non-hydrogen) atoms. The third-order valence-corrected chi connectivity index (χ3v) is 5.68. The predicted octanol–water partition coefficient (Wildman–Crippen LogP) is 2.03. The van der Waals surface area contributed by atoms with Crippen LogP contribution in [0.2, 0.25) is 0 Å². The van der Waals surface area contributed by atoms with Crippen LogP contribution >= 0.6 is 11.3 Å². The Bertz CT molecular complexity index is 991. The van der Waals surface area contributed by atoms with Crippen molar-refractivity contribution in [3.63, 3.8) is 0 Å². The van der Waals surface area contributed by atoms with E-state index >= 15 is 0 Å². The SMILES string of the molecule is CCc1[nH]c2nc(-c3ccnc(OC)c3)sc2c(=O)c1N1CCNCC1. The second-order valence-corrected chi connectivity index (χ2v) is 7.15. The van der Waals surface area contributed by atoms with E-state index in [2.05, 4.69) is 32.1 Å². The number of aromatic amines is 1. The maximum absolute atomic E-state index is 13.2. The fourth-order valence-corrected chi connectivity index (χ4v) is 4.22. The number of hydrogen-bond acceptors (Lipinski definition) is 7. The number of aromatic nitrogens is 3. The molecule has 0 aliphatic carbocycles. The topological polar surface area (TPSA) is 83.1 Å². The number of H-pyrrole nitrogens is 1. The number of aryl methyl sites for hydroxylation is 1. The number of ether oxygens (including phenoxy) is 1. The van der Waals surface area contributed by atoms with Crippen molar-refractivity contribution >= 4 is 27.4 Å². The third-order valence-electron chi connectivity index (χ3n) is 4.58. The molecular formula is C18H21N5O2S. The molecule has 136 valence electrons. The molecule has 0 bridgehead atoms. The van der Waals surface area contributed by atoms with Crippen molar-refractivity contribution in [3.05, 3.63) is 34.2 Å². The Labute approximate surface area is 155 Å². The highest BCUT2D eigenvalue weighted by Crippen LogP contribution is 2.31. The van der Waals surface area contributed by atoms with Gasteiger partial charge in [-0.05, 0) is 12.5 Å². The van der Waals surface area contributed by atoms with E-state index in [9.17, 15) is 4.79 Å². The van der Waals surface area contributed by atoms with Crippen LogP contribution in [-0.2, 0) is 6.42 Å². The lowest BCUT2D eigenvalue weighted by atomic mass is 10.2. The van der Waals surface area contributed by atoms with Gasteiger partial charge in [0.2, 0.25) is 11.3 Å². The molecule has 0 unspecified atom stereocenters. The minimum atomic E-state index is 0.0715. The van der Waals surface area contributed by atoms with Gasteiger partial charge in [0.15, 0.2) is 5.65 Å². The predicted molar refractivity (Wildman–Crippen MR) is 104 cm³/mol. The van der Waals surface area contributed by atoms with Gasteiger partial charge in [0, 0.05) is 49.7 Å². The van der Waals surface area contributed by atoms with Crippen molar-refractivity contribution in [1.29, 1.82) is 0 Å². The highest BCUT2D eigenvalue weighted by molar-refractivity contribution is 7.21. The zero-order valence-corrected chi connectivity index (χ0v) is 15.7. The minimum Gasteiger partial charge on any atom is -0.481 e. The quantitative estimate of drug-likeness (QED) is 0.730. The molecule has 0 amide bonds. The first-order valence-corrected chi connectivity index (χ1v) is 9.54. The Morgan fingerprint density at radius 3 is 2.88 bits per heavy atom. The monoisotopic (exact) mass is 371 g/mol. The zero-order chi connectivity index (χ0) is 18.1. The summed E-state index contributed by atoms with van der Waals surface area (Å²) in [5.41, 5.74) is 3.37. The summed E-state index contributed by atoms with van der Waals surface area (Å²) >= 11 is 1.41. The molecular weight excluding hydrogens is 350 g/mol. The molecule has 1 fully saturated rings. The van der Waals surface area contributed by atoms with Crippen LogP contribution in [0.4, 0.5) is 5.69 Å². The Kier molecular flexibility index (Phi) is 4.60. The average Bonchev–Trinajstić information content (AvgIpc) is 3.13. The summed E-state index contributed by atoms with van der Waals surface area (Å²) in [6.07, 6.45) is 2.45. The molecule has 8 heteroatoms. The molecule has 0 radical (unpaired) electrons. The molecule has 4 heterocycles. The second-order valence-electron chi connectivity index (χ2n) is 6.16. The normalized spacial score (nSPS) is 14.8. The summed E-state index contributed by atoms with van der Waals surface area (Å²) in [5.74, 6) is 0.531. The lowest BCUT2D eigenvalue weighted by molar-refractivity contribution is 0.398. The number of rotatable bonds is 4. The molecule has 0 saturated carbocycles. The zero-order valence-electron chi connectivity index (χ0n) is 14.8. The smallest absolute Gasteiger partial charge is 0.224 e. The number of hydrogen-bond donors (Lipinski definition) is 2. The van der Waals surface area contributed by atoms with E-state index in [-0.39, 0.29) is 5.43 Å². The molecule has 1 aliphatic rings. The number of pyridine rings is 2. The molecule has 0 atom stereocenters. The van der Waals surface area contributed by atoms with Crippen LogP contribution < -0.4 is 20.4 Å². The van der Waals surface area contributed by atoms with E-state index in [4.69, 9.17) is 4.74 Å². The molecule has 1 aliphatic heterocycles. The van der Waals surface area contributed by atoms with Gasteiger partial charge < -0.3 is 19.9 Å². The first-order chi connectivity index (χ1) is 12.7. The van der Waals surface area contributed by atoms with Gasteiger partial charge >= 0.3 is 0 Å². The molecule has 3 aromatic rings. The van der Waals surface area contributed by atoms with Crippen molar-refractivity contribution < 1.29 is 4.74 Å². The highest BCUT2D eigenvalue weighted by Gasteiger charge is 2.21. The number of anilines is 1. The highest BCUT2D eigenvalue weighted by atomic mass is 32.1. The van der Waals surface area contributed by atoms with E-state index in [1.165, 1.54) is 11.3 Å². The number of methoxy groups -OCH3 is 1. The summed E-state index contributed by atoms with van der Waals surface area (Å²) in [4.78, 5) is 27.6. The van der Waals surface area contributed by atoms with Crippen molar-refractivity contribution in [2.24, 2.45) is 0 Å². The van der Waals surface area contributed by atoms with Crippen LogP contribution in [0.1, 0.15) is 12.6 Å². The summed E-state index contributed by atoms with van der Waals surface area (Å²) in [6.45, 7) is 5.53. The fourth-order valence-electron chi connectivity index (χ4n) is 3.26. The number of fused-ring (bicyclic) bond motifs is 1. The van der Waals surface area contributed by atoms with Crippen LogP contribution in [0.5, 0.6) is 5.88 Å². The van der Waals surface area contributed by atoms with Crippen LogP contribution in [0.25, 0.3) is 20.9 Å². The maximum atomic E-state index is 13.2. The standard InChI is InChI=1S/C18H21N5O2S/c1-3-12-14(23-8-6-19-7-9-23)15(24)16-17(21-12)22-18(26-16)11-4-5-20-13(10-11)25-2/h4-5,10,19H,3,6-9H2,1-2H3,(H,21,24). The van der Waals surface area contributed by atoms with E-state index < -0.39 is 0 Å². The van der Waals surface area contributed by atoms with Crippen molar-refractivity contribution in [2.45, 2.75) is 13.3 Å². The fraction of sp³-hybridized carbons (Fsp3) is 0.389. The largest absolute Gasteiger partial charge is 0.481 e. The number of nitrogens with one attached hydrogen (secondary N) is 2. The van der Waals surface area contributed by atoms with Gasteiger partial charge in [0.1, 0.15) is 15.4 Å². The maximum Gasteiger partial charge on any atom is 0.224 e. The summed E-state index contributed by atoms with van der Waals surface area (Å²) in [7, 11) is 1.58. The van der Waals surface area contributed by atoms with Gasteiger partial charge in [0.25, 0.3) is 0 Å². The van der Waals surface area contributed by atoms with Crippen LogP contribution in [-0.4, -0.2) is 48.2 Å². The summed E-state index contributed by atoms with van der Waals surface area (Å²) in [6, 6.07) is 3.71. The van der Waals surface area contributed by atoms with Crippen LogP contribution in [0, 0.1) is 0 Å². The van der Waals surface area contributed by atoms with Crippen LogP contribution in [0.15, 0.2) is 23.1 Å². The third kappa shape index (κ3) is 2.95. The molecule has 4 rings (SSSR count). The van der Waals surface area contributed by atoms with Gasteiger partial charge in [0.05, 0.1) is 7.11 Å². The van der Waals surface area contributed by atoms with E-state index in [1.807, 2.05) is 12.1 Å². The lowest BCUT2D eigenvalue weighted by Gasteiger charge is -2.30. The number of piperazine rings is 1. The Balaban J connectivity index is 1.85. The molecule has 1 saturated heterocycles. The average molecular weight is 371 g/mol. The molecule has 2 N–H and O–H groups in total. The van der Waals surface area contributed by atoms with Gasteiger partial charge in [-0.25, -0.2) is 9.97 Å². The second kappa shape index (κ2) is 7.05. The molecule has 0 aromatic carbocycles. The van der Waals surface area contributed by atoms with Crippen molar-refractivity contribution in [1.82, 2.24) is 20.3 Å². The van der Waals surface area contributed by atoms with Gasteiger partial charge in [-0.2, -0.15) is 0 Å². The van der Waals surface area contributed by atoms with Gasteiger partial charge in [-0.1, -0.05) is 6.92 Å². The minimum absolute atomic E-state index is 0.0715. The first-order valence-electron chi connectivity index (χ1n) is 8.73. The van der Waals surface area contributed by atoms with E-state index in [1.54, 1.807) is 13.3 Å². The molecule has 7 nitrogen and oxygen atoms in total. The summed E-state index contributed by atoms with van der Waals surface area (Å²) in [5, 5.41) is 4.12. The van der Waals surface area contributed by atoms with Gasteiger partial charge in [-0.3, -0.25) is 4.79 Å². The van der Waals surface area contributed by atoms with E-state index in [0.29, 0.717) is 16.2 Å². The summed E-state index contributed by atoms with van der Waals surface area (Å²) < 4.78 is 5.86. The Morgan fingerprint density at radius 1 is 1.35 bits per heavy atom. The molecule has 0 spiro atoms. The molecule has 3 aromatic heterocycles. The van der Waals surface area contributed by atoms with Crippen LogP contribution in [0.3, 0.4) is 0 Å². The van der Waals surface area contributed by atoms with Crippen molar-refractivity contribution in [2.75, 3.05) is 38.2 Å². The lowest BCUT2D eigenvalue weighted by Crippen LogP contribution is -2.45. The Hall–Kier alpha value is -2.45. The number of nitrogens with zero attached hydrogens (tertiary/aromatic N) is 3. The Morgan fingerprint density at radius 2 is 2.15 bits per heavy atom. The van der Waals surface area contributed by atoms with Crippen molar-refractivity contribution in [3.8, 4) is 16.5 Å². The van der Waals surface area contributed by atoms with Gasteiger partial charge in [-0.15, -0.1) is 11.3 Å². The first kappa shape index (κ1) is 17.0.